The molecule has 15 heavy (non-hydrogen) atoms. The summed E-state index contributed by atoms with van der Waals surface area (Å²) in [6.07, 6.45) is 0. The van der Waals surface area contributed by atoms with E-state index in [1.165, 1.54) is 21.9 Å². The molecule has 3 aromatic rings. The molecule has 2 aromatic carbocycles. The van der Waals surface area contributed by atoms with Crippen LogP contribution in [-0.4, -0.2) is 0 Å². The lowest BCUT2D eigenvalue weighted by Gasteiger charge is -1.98. The summed E-state index contributed by atoms with van der Waals surface area (Å²) >= 11 is 0. The van der Waals surface area contributed by atoms with Gasteiger partial charge in [0.05, 0.1) is 0 Å². The number of furan rings is 1. The number of hydrogen-bond donors (Lipinski definition) is 0. The lowest BCUT2D eigenvalue weighted by atomic mass is 10.1. The van der Waals surface area contributed by atoms with Crippen molar-refractivity contribution in [3.05, 3.63) is 47.5 Å². The standard InChI is InChI=1S/C14H12O/c1-9-7-8-12-11-5-3-4-6-13(11)15-14(12)10(9)2/h3-8H,1-2H3. The second-order valence-electron chi connectivity index (χ2n) is 3.98. The largest absolute Gasteiger partial charge is 0.456 e. The minimum absolute atomic E-state index is 0.973. The Balaban J connectivity index is 2.60. The maximum absolute atomic E-state index is 5.86. The van der Waals surface area contributed by atoms with Gasteiger partial charge in [0.15, 0.2) is 0 Å². The predicted octanol–water partition coefficient (Wildman–Crippen LogP) is 4.20. The van der Waals surface area contributed by atoms with Crippen LogP contribution in [0.3, 0.4) is 0 Å². The minimum Gasteiger partial charge on any atom is -0.456 e. The Hall–Kier alpha value is -1.76. The molecule has 1 nitrogen and oxygen atoms in total. The molecule has 0 radical (unpaired) electrons. The summed E-state index contributed by atoms with van der Waals surface area (Å²) in [5.41, 5.74) is 4.52. The van der Waals surface area contributed by atoms with Gasteiger partial charge in [0.25, 0.3) is 0 Å². The summed E-state index contributed by atoms with van der Waals surface area (Å²) in [6, 6.07) is 12.5. The van der Waals surface area contributed by atoms with Gasteiger partial charge < -0.3 is 4.42 Å². The molecule has 0 N–H and O–H groups in total. The van der Waals surface area contributed by atoms with Crippen molar-refractivity contribution >= 4 is 21.9 Å². The quantitative estimate of drug-likeness (QED) is 0.525. The van der Waals surface area contributed by atoms with Crippen LogP contribution in [0.2, 0.25) is 0 Å². The van der Waals surface area contributed by atoms with Gasteiger partial charge in [-0.3, -0.25) is 0 Å². The molecule has 1 heteroatoms. The third kappa shape index (κ3) is 1.09. The highest BCUT2D eigenvalue weighted by Gasteiger charge is 2.08. The molecule has 0 aliphatic carbocycles. The first-order chi connectivity index (χ1) is 7.27. The summed E-state index contributed by atoms with van der Waals surface area (Å²) < 4.78 is 5.86. The van der Waals surface area contributed by atoms with Crippen LogP contribution in [0.15, 0.2) is 40.8 Å². The van der Waals surface area contributed by atoms with Crippen LogP contribution >= 0.6 is 0 Å². The zero-order valence-corrected chi connectivity index (χ0v) is 8.87. The van der Waals surface area contributed by atoms with Crippen molar-refractivity contribution in [2.24, 2.45) is 0 Å². The number of aryl methyl sites for hydroxylation is 2. The molecule has 3 rings (SSSR count). The van der Waals surface area contributed by atoms with E-state index in [0.717, 1.165) is 11.2 Å². The fraction of sp³-hybridized carbons (Fsp3) is 0.143. The molecule has 0 aliphatic heterocycles. The smallest absolute Gasteiger partial charge is 0.138 e. The highest BCUT2D eigenvalue weighted by Crippen LogP contribution is 2.31. The summed E-state index contributed by atoms with van der Waals surface area (Å²) in [5.74, 6) is 0. The highest BCUT2D eigenvalue weighted by molar-refractivity contribution is 6.05. The molecule has 74 valence electrons. The van der Waals surface area contributed by atoms with Crippen molar-refractivity contribution in [3.8, 4) is 0 Å². The Morgan fingerprint density at radius 1 is 0.867 bits per heavy atom. The van der Waals surface area contributed by atoms with E-state index in [4.69, 9.17) is 4.42 Å². The van der Waals surface area contributed by atoms with Crippen LogP contribution < -0.4 is 0 Å². The lowest BCUT2D eigenvalue weighted by molar-refractivity contribution is 0.665. The van der Waals surface area contributed by atoms with E-state index in [0.29, 0.717) is 0 Å². The van der Waals surface area contributed by atoms with E-state index in [9.17, 15) is 0 Å². The Bertz CT molecular complexity index is 647. The van der Waals surface area contributed by atoms with Crippen LogP contribution in [0.5, 0.6) is 0 Å². The average Bonchev–Trinajstić information content (AvgIpc) is 2.63. The van der Waals surface area contributed by atoms with Gasteiger partial charge in [-0.1, -0.05) is 30.3 Å². The van der Waals surface area contributed by atoms with Crippen LogP contribution in [0.4, 0.5) is 0 Å². The van der Waals surface area contributed by atoms with Gasteiger partial charge in [-0.2, -0.15) is 0 Å². The number of benzene rings is 2. The zero-order valence-electron chi connectivity index (χ0n) is 8.87. The van der Waals surface area contributed by atoms with Crippen molar-refractivity contribution in [3.63, 3.8) is 0 Å². The third-order valence-electron chi connectivity index (χ3n) is 3.07. The van der Waals surface area contributed by atoms with Gasteiger partial charge in [-0.25, -0.2) is 0 Å². The number of para-hydroxylation sites is 1. The monoisotopic (exact) mass is 196 g/mol. The van der Waals surface area contributed by atoms with Crippen LogP contribution in [0, 0.1) is 13.8 Å². The maximum Gasteiger partial charge on any atom is 0.138 e. The van der Waals surface area contributed by atoms with Crippen LogP contribution in [0.1, 0.15) is 11.1 Å². The molecule has 0 saturated heterocycles. The summed E-state index contributed by atoms with van der Waals surface area (Å²) in [7, 11) is 0. The zero-order chi connectivity index (χ0) is 10.4. The van der Waals surface area contributed by atoms with Crippen molar-refractivity contribution in [2.75, 3.05) is 0 Å². The minimum atomic E-state index is 0.973. The molecule has 0 fully saturated rings. The Morgan fingerprint density at radius 2 is 1.67 bits per heavy atom. The van der Waals surface area contributed by atoms with E-state index in [1.807, 2.05) is 18.2 Å². The molecular weight excluding hydrogens is 184 g/mol. The number of hydrogen-bond acceptors (Lipinski definition) is 1. The number of rotatable bonds is 0. The topological polar surface area (TPSA) is 13.1 Å². The first-order valence-electron chi connectivity index (χ1n) is 5.15. The van der Waals surface area contributed by atoms with E-state index in [1.54, 1.807) is 0 Å². The van der Waals surface area contributed by atoms with Gasteiger partial charge in [0, 0.05) is 10.8 Å². The van der Waals surface area contributed by atoms with Crippen molar-refractivity contribution < 1.29 is 4.42 Å². The first kappa shape index (κ1) is 8.54. The summed E-state index contributed by atoms with van der Waals surface area (Å²) in [6.45, 7) is 4.22. The van der Waals surface area contributed by atoms with Gasteiger partial charge in [-0.05, 0) is 31.0 Å². The van der Waals surface area contributed by atoms with Gasteiger partial charge in [0.2, 0.25) is 0 Å². The van der Waals surface area contributed by atoms with Crippen LogP contribution in [-0.2, 0) is 0 Å². The fourth-order valence-corrected chi connectivity index (χ4v) is 2.02. The van der Waals surface area contributed by atoms with Crippen LogP contribution in [0.25, 0.3) is 21.9 Å². The SMILES string of the molecule is Cc1ccc2c(oc3ccccc32)c1C. The fourth-order valence-electron chi connectivity index (χ4n) is 2.02. The molecule has 0 saturated carbocycles. The Labute approximate surface area is 88.3 Å². The predicted molar refractivity (Wildman–Crippen MR) is 63.2 cm³/mol. The van der Waals surface area contributed by atoms with Crippen molar-refractivity contribution in [2.45, 2.75) is 13.8 Å². The van der Waals surface area contributed by atoms with Crippen molar-refractivity contribution in [1.82, 2.24) is 0 Å². The molecule has 1 aromatic heterocycles. The molecule has 0 spiro atoms. The van der Waals surface area contributed by atoms with E-state index < -0.39 is 0 Å². The Morgan fingerprint density at radius 3 is 2.53 bits per heavy atom. The molecule has 1 heterocycles. The van der Waals surface area contributed by atoms with Crippen molar-refractivity contribution in [1.29, 1.82) is 0 Å². The molecule has 0 unspecified atom stereocenters. The van der Waals surface area contributed by atoms with E-state index in [2.05, 4.69) is 32.0 Å². The lowest BCUT2D eigenvalue weighted by Crippen LogP contribution is -1.79. The second kappa shape index (κ2) is 2.86. The van der Waals surface area contributed by atoms with E-state index >= 15 is 0 Å². The molecular formula is C14H12O. The second-order valence-corrected chi connectivity index (χ2v) is 3.98. The summed E-state index contributed by atoms with van der Waals surface area (Å²) in [5, 5.41) is 2.42. The first-order valence-corrected chi connectivity index (χ1v) is 5.15. The molecule has 0 amide bonds. The molecule has 0 aliphatic rings. The molecule has 0 bridgehead atoms. The third-order valence-corrected chi connectivity index (χ3v) is 3.07. The van der Waals surface area contributed by atoms with Gasteiger partial charge >= 0.3 is 0 Å². The van der Waals surface area contributed by atoms with E-state index in [-0.39, 0.29) is 0 Å². The van der Waals surface area contributed by atoms with Gasteiger partial charge in [0.1, 0.15) is 11.2 Å². The average molecular weight is 196 g/mol. The highest BCUT2D eigenvalue weighted by atomic mass is 16.3. The summed E-state index contributed by atoms with van der Waals surface area (Å²) in [4.78, 5) is 0. The Kier molecular flexibility index (Phi) is 1.63. The van der Waals surface area contributed by atoms with Gasteiger partial charge in [-0.15, -0.1) is 0 Å². The normalized spacial score (nSPS) is 11.3. The molecule has 0 atom stereocenters. The number of fused-ring (bicyclic) bond motifs is 3. The maximum atomic E-state index is 5.86.